The van der Waals surface area contributed by atoms with E-state index < -0.39 is 6.04 Å². The monoisotopic (exact) mass is 310 g/mol. The van der Waals surface area contributed by atoms with Crippen LogP contribution in [-0.2, 0) is 4.79 Å². The Balaban J connectivity index is 1.94. The highest BCUT2D eigenvalue weighted by Crippen LogP contribution is 2.25. The number of amides is 1. The van der Waals surface area contributed by atoms with E-state index in [0.29, 0.717) is 18.1 Å². The summed E-state index contributed by atoms with van der Waals surface area (Å²) in [6, 6.07) is 1.51. The molecule has 0 spiro atoms. The lowest BCUT2D eigenvalue weighted by molar-refractivity contribution is -0.134. The van der Waals surface area contributed by atoms with Crippen molar-refractivity contribution < 1.29 is 4.79 Å². The molecule has 2 heterocycles. The van der Waals surface area contributed by atoms with E-state index in [1.54, 1.807) is 12.4 Å². The largest absolute Gasteiger partial charge is 0.367 e. The Bertz CT molecular complexity index is 488. The molecular weight excluding hydrogens is 288 g/mol. The third-order valence-electron chi connectivity index (χ3n) is 4.23. The van der Waals surface area contributed by atoms with E-state index in [1.165, 1.54) is 0 Å². The normalized spacial score (nSPS) is 18.5. The van der Waals surface area contributed by atoms with Gasteiger partial charge in [0.2, 0.25) is 5.91 Å². The standard InChI is InChI=1S/C15H23ClN4O/c1-3-11(2)14(17)15(21)20-8-6-19(7-9-20)13-4-5-18-10-12(13)16/h4-5,10-11,14H,3,6-9,17H2,1-2H3/t11-,14-/m0/s1. The third-order valence-corrected chi connectivity index (χ3v) is 4.52. The van der Waals surface area contributed by atoms with E-state index in [9.17, 15) is 4.79 Å². The van der Waals surface area contributed by atoms with Crippen molar-refractivity contribution in [2.45, 2.75) is 26.3 Å². The SMILES string of the molecule is CC[C@H](C)[C@H](N)C(=O)N1CCN(c2ccncc2Cl)CC1. The van der Waals surface area contributed by atoms with Crippen LogP contribution in [0.1, 0.15) is 20.3 Å². The van der Waals surface area contributed by atoms with E-state index in [1.807, 2.05) is 17.9 Å². The molecule has 0 aromatic carbocycles. The van der Waals surface area contributed by atoms with E-state index in [0.717, 1.165) is 25.2 Å². The second-order valence-electron chi connectivity index (χ2n) is 5.55. The van der Waals surface area contributed by atoms with Gasteiger partial charge < -0.3 is 15.5 Å². The molecule has 2 atom stereocenters. The average molecular weight is 311 g/mol. The summed E-state index contributed by atoms with van der Waals surface area (Å²) in [6.45, 7) is 6.98. The Kier molecular flexibility index (Phi) is 5.42. The predicted octanol–water partition coefficient (Wildman–Crippen LogP) is 1.76. The Morgan fingerprint density at radius 1 is 1.43 bits per heavy atom. The molecule has 21 heavy (non-hydrogen) atoms. The molecule has 1 aromatic rings. The Morgan fingerprint density at radius 3 is 2.67 bits per heavy atom. The number of aromatic nitrogens is 1. The minimum absolute atomic E-state index is 0.0600. The van der Waals surface area contributed by atoms with Gasteiger partial charge in [-0.25, -0.2) is 0 Å². The zero-order valence-corrected chi connectivity index (χ0v) is 13.4. The van der Waals surface area contributed by atoms with Gasteiger partial charge in [0, 0.05) is 38.6 Å². The summed E-state index contributed by atoms with van der Waals surface area (Å²) >= 11 is 6.16. The molecule has 1 saturated heterocycles. The zero-order valence-electron chi connectivity index (χ0n) is 12.6. The highest BCUT2D eigenvalue weighted by molar-refractivity contribution is 6.33. The second-order valence-corrected chi connectivity index (χ2v) is 5.96. The Hall–Kier alpha value is -1.33. The molecule has 0 aliphatic carbocycles. The summed E-state index contributed by atoms with van der Waals surface area (Å²) in [4.78, 5) is 20.4. The first-order chi connectivity index (χ1) is 10.0. The molecule has 2 N–H and O–H groups in total. The summed E-state index contributed by atoms with van der Waals surface area (Å²) in [5, 5.41) is 0.647. The molecule has 1 aromatic heterocycles. The van der Waals surface area contributed by atoms with Gasteiger partial charge in [0.15, 0.2) is 0 Å². The van der Waals surface area contributed by atoms with Gasteiger partial charge in [0.25, 0.3) is 0 Å². The van der Waals surface area contributed by atoms with Gasteiger partial charge in [-0.1, -0.05) is 31.9 Å². The summed E-state index contributed by atoms with van der Waals surface area (Å²) in [5.74, 6) is 0.273. The predicted molar refractivity (Wildman–Crippen MR) is 85.5 cm³/mol. The number of carbonyl (C=O) groups excluding carboxylic acids is 1. The minimum Gasteiger partial charge on any atom is -0.367 e. The van der Waals surface area contributed by atoms with E-state index in [4.69, 9.17) is 17.3 Å². The maximum absolute atomic E-state index is 12.4. The molecule has 1 aliphatic heterocycles. The fraction of sp³-hybridized carbons (Fsp3) is 0.600. The summed E-state index contributed by atoms with van der Waals surface area (Å²) in [5.41, 5.74) is 7.01. The number of halogens is 1. The number of anilines is 1. The van der Waals surface area contributed by atoms with Crippen molar-refractivity contribution in [2.24, 2.45) is 11.7 Å². The van der Waals surface area contributed by atoms with E-state index in [-0.39, 0.29) is 11.8 Å². The number of nitrogens with zero attached hydrogens (tertiary/aromatic N) is 3. The molecule has 1 amide bonds. The maximum atomic E-state index is 12.4. The fourth-order valence-corrected chi connectivity index (χ4v) is 2.74. The van der Waals surface area contributed by atoms with Crippen molar-refractivity contribution in [3.8, 4) is 0 Å². The number of pyridine rings is 1. The van der Waals surface area contributed by atoms with Crippen molar-refractivity contribution in [2.75, 3.05) is 31.1 Å². The third kappa shape index (κ3) is 3.66. The smallest absolute Gasteiger partial charge is 0.239 e. The van der Waals surface area contributed by atoms with Crippen LogP contribution in [0.4, 0.5) is 5.69 Å². The van der Waals surface area contributed by atoms with Crippen molar-refractivity contribution in [1.82, 2.24) is 9.88 Å². The van der Waals surface area contributed by atoms with Crippen LogP contribution in [0.5, 0.6) is 0 Å². The first-order valence-corrected chi connectivity index (χ1v) is 7.81. The number of hydrogen-bond acceptors (Lipinski definition) is 4. The molecule has 6 heteroatoms. The van der Waals surface area contributed by atoms with Crippen LogP contribution >= 0.6 is 11.6 Å². The summed E-state index contributed by atoms with van der Waals surface area (Å²) in [7, 11) is 0. The fourth-order valence-electron chi connectivity index (χ4n) is 2.50. The lowest BCUT2D eigenvalue weighted by Gasteiger charge is -2.38. The van der Waals surface area contributed by atoms with Crippen LogP contribution in [0.15, 0.2) is 18.5 Å². The van der Waals surface area contributed by atoms with Crippen molar-refractivity contribution in [3.63, 3.8) is 0 Å². The van der Waals surface area contributed by atoms with Crippen molar-refractivity contribution in [3.05, 3.63) is 23.5 Å². The van der Waals surface area contributed by atoms with Gasteiger partial charge in [0.1, 0.15) is 0 Å². The van der Waals surface area contributed by atoms with Gasteiger partial charge in [-0.05, 0) is 12.0 Å². The van der Waals surface area contributed by atoms with Crippen molar-refractivity contribution >= 4 is 23.2 Å². The van der Waals surface area contributed by atoms with Crippen molar-refractivity contribution in [1.29, 1.82) is 0 Å². The van der Waals surface area contributed by atoms with E-state index in [2.05, 4.69) is 16.8 Å². The number of nitrogens with two attached hydrogens (primary N) is 1. The lowest BCUT2D eigenvalue weighted by Crippen LogP contribution is -2.54. The van der Waals surface area contributed by atoms with Crippen LogP contribution < -0.4 is 10.6 Å². The summed E-state index contributed by atoms with van der Waals surface area (Å²) < 4.78 is 0. The van der Waals surface area contributed by atoms with Gasteiger partial charge in [0.05, 0.1) is 16.8 Å². The molecule has 2 rings (SSSR count). The van der Waals surface area contributed by atoms with Gasteiger partial charge in [-0.3, -0.25) is 9.78 Å². The Morgan fingerprint density at radius 2 is 2.10 bits per heavy atom. The lowest BCUT2D eigenvalue weighted by atomic mass is 9.98. The molecule has 0 radical (unpaired) electrons. The van der Waals surface area contributed by atoms with Gasteiger partial charge >= 0.3 is 0 Å². The molecule has 1 fully saturated rings. The Labute approximate surface area is 131 Å². The van der Waals surface area contributed by atoms with Gasteiger partial charge in [-0.2, -0.15) is 0 Å². The molecule has 0 unspecified atom stereocenters. The van der Waals surface area contributed by atoms with Gasteiger partial charge in [-0.15, -0.1) is 0 Å². The molecule has 0 saturated carbocycles. The zero-order chi connectivity index (χ0) is 15.4. The topological polar surface area (TPSA) is 62.5 Å². The molecular formula is C15H23ClN4O. The highest BCUT2D eigenvalue weighted by atomic mass is 35.5. The second kappa shape index (κ2) is 7.09. The van der Waals surface area contributed by atoms with Crippen LogP contribution in [0.25, 0.3) is 0 Å². The molecule has 1 aliphatic rings. The quantitative estimate of drug-likeness (QED) is 0.920. The molecule has 116 valence electrons. The molecule has 0 bridgehead atoms. The number of piperazine rings is 1. The number of hydrogen-bond donors (Lipinski definition) is 1. The number of rotatable bonds is 4. The van der Waals surface area contributed by atoms with Crippen LogP contribution in [0.2, 0.25) is 5.02 Å². The van der Waals surface area contributed by atoms with Crippen LogP contribution in [0, 0.1) is 5.92 Å². The molecule has 5 nitrogen and oxygen atoms in total. The van der Waals surface area contributed by atoms with Crippen LogP contribution in [-0.4, -0.2) is 48.0 Å². The highest BCUT2D eigenvalue weighted by Gasteiger charge is 2.28. The summed E-state index contributed by atoms with van der Waals surface area (Å²) in [6.07, 6.45) is 4.30. The number of carbonyl (C=O) groups is 1. The average Bonchev–Trinajstić information content (AvgIpc) is 2.53. The maximum Gasteiger partial charge on any atom is 0.239 e. The van der Waals surface area contributed by atoms with E-state index >= 15 is 0 Å². The first kappa shape index (κ1) is 16.0. The first-order valence-electron chi connectivity index (χ1n) is 7.43. The minimum atomic E-state index is -0.397. The van der Waals surface area contributed by atoms with Crippen LogP contribution in [0.3, 0.4) is 0 Å².